The predicted molar refractivity (Wildman–Crippen MR) is 186 cm³/mol. The predicted octanol–water partition coefficient (Wildman–Crippen LogP) is 12.6. The molecule has 0 amide bonds. The van der Waals surface area contributed by atoms with Crippen molar-refractivity contribution in [3.63, 3.8) is 0 Å². The zero-order valence-electron chi connectivity index (χ0n) is 27.4. The standard InChI is InChI=1S/C28H32.C4H10.C3H6.C2H4O.C2H6/c1-7-9-11-28(21(3)4)23(6)20-22(5)25-16-18-27(19-17-25)26-14-12-24(10-8-2)13-15-26;1-3-4-2;1-3-2;1-2-3;1-2/h7,9,11-20H,1,5,8,10H2,2-4,6H3;3-4H2,1-2H3;3H,1H2,2H3;2H,1H3;1-2H3/b11-9-,23-20-;;;;. The molecule has 2 aromatic rings. The summed E-state index contributed by atoms with van der Waals surface area (Å²) in [6.07, 6.45) is 15.5. The molecule has 1 heteroatoms. The Labute approximate surface area is 248 Å². The molecule has 0 fully saturated rings. The van der Waals surface area contributed by atoms with E-state index in [1.807, 2.05) is 26.8 Å². The largest absolute Gasteiger partial charge is 0.304 e. The molecule has 0 saturated carbocycles. The molecule has 0 aliphatic rings. The summed E-state index contributed by atoms with van der Waals surface area (Å²) >= 11 is 0. The second-order valence-electron chi connectivity index (χ2n) is 9.03. The third kappa shape index (κ3) is 19.6. The fourth-order valence-corrected chi connectivity index (χ4v) is 3.31. The van der Waals surface area contributed by atoms with E-state index in [0.717, 1.165) is 23.8 Å². The summed E-state index contributed by atoms with van der Waals surface area (Å²) in [5.41, 5.74) is 9.77. The molecule has 0 radical (unpaired) electrons. The fourth-order valence-electron chi connectivity index (χ4n) is 3.31. The number of carbonyl (C=O) groups is 1. The van der Waals surface area contributed by atoms with E-state index in [0.29, 0.717) is 0 Å². The van der Waals surface area contributed by atoms with Crippen LogP contribution in [-0.4, -0.2) is 6.29 Å². The van der Waals surface area contributed by atoms with Gasteiger partial charge in [0.1, 0.15) is 6.29 Å². The topological polar surface area (TPSA) is 17.1 Å². The first-order chi connectivity index (χ1) is 19.2. The average Bonchev–Trinajstić information content (AvgIpc) is 2.96. The molecule has 0 aromatic heterocycles. The van der Waals surface area contributed by atoms with Gasteiger partial charge in [0.05, 0.1) is 0 Å². The lowest BCUT2D eigenvalue weighted by Gasteiger charge is -2.09. The number of unbranched alkanes of at least 4 members (excludes halogenated alkanes) is 1. The van der Waals surface area contributed by atoms with Crippen molar-refractivity contribution in [3.05, 3.63) is 126 Å². The first kappa shape index (κ1) is 41.0. The first-order valence-electron chi connectivity index (χ1n) is 14.7. The van der Waals surface area contributed by atoms with Crippen LogP contribution in [0.2, 0.25) is 0 Å². The van der Waals surface area contributed by atoms with Crippen molar-refractivity contribution in [2.45, 2.75) is 94.9 Å². The van der Waals surface area contributed by atoms with Crippen molar-refractivity contribution in [1.29, 1.82) is 0 Å². The van der Waals surface area contributed by atoms with Crippen LogP contribution in [0.4, 0.5) is 0 Å². The second kappa shape index (κ2) is 28.6. The monoisotopic (exact) mass is 542 g/mol. The third-order valence-electron chi connectivity index (χ3n) is 5.33. The van der Waals surface area contributed by atoms with Gasteiger partial charge in [0, 0.05) is 0 Å². The molecule has 2 rings (SSSR count). The lowest BCUT2D eigenvalue weighted by Crippen LogP contribution is -1.88. The van der Waals surface area contributed by atoms with Crippen LogP contribution in [0.1, 0.15) is 99.6 Å². The molecule has 0 unspecified atom stereocenters. The average molecular weight is 543 g/mol. The normalized spacial score (nSPS) is 9.60. The van der Waals surface area contributed by atoms with Crippen molar-refractivity contribution in [2.24, 2.45) is 0 Å². The Kier molecular flexibility index (Phi) is 29.3. The number of rotatable bonds is 9. The van der Waals surface area contributed by atoms with Crippen molar-refractivity contribution in [2.75, 3.05) is 0 Å². The number of aldehydes is 1. The summed E-state index contributed by atoms with van der Waals surface area (Å²) in [6.45, 7) is 31.7. The van der Waals surface area contributed by atoms with Crippen LogP contribution >= 0.6 is 0 Å². The molecule has 0 bridgehead atoms. The number of allylic oxidation sites excluding steroid dienone is 9. The Hall–Kier alpha value is -3.45. The maximum Gasteiger partial charge on any atom is 0.116 e. The van der Waals surface area contributed by atoms with Crippen LogP contribution in [0.5, 0.6) is 0 Å². The summed E-state index contributed by atoms with van der Waals surface area (Å²) in [5.74, 6) is 0. The van der Waals surface area contributed by atoms with Gasteiger partial charge in [0.2, 0.25) is 0 Å². The molecule has 220 valence electrons. The zero-order valence-corrected chi connectivity index (χ0v) is 27.4. The van der Waals surface area contributed by atoms with Gasteiger partial charge in [-0.3, -0.25) is 0 Å². The molecular weight excluding hydrogens is 484 g/mol. The van der Waals surface area contributed by atoms with E-state index in [2.05, 4.69) is 122 Å². The molecular formula is C39H58O. The van der Waals surface area contributed by atoms with E-state index < -0.39 is 0 Å². The number of carbonyl (C=O) groups excluding carboxylic acids is 1. The molecule has 0 atom stereocenters. The molecule has 0 saturated heterocycles. The lowest BCUT2D eigenvalue weighted by atomic mass is 9.96. The Morgan fingerprint density at radius 2 is 1.20 bits per heavy atom. The summed E-state index contributed by atoms with van der Waals surface area (Å²) in [4.78, 5) is 8.81. The Balaban J connectivity index is -0.000000975. The van der Waals surface area contributed by atoms with Gasteiger partial charge in [-0.2, -0.15) is 0 Å². The zero-order chi connectivity index (χ0) is 31.3. The van der Waals surface area contributed by atoms with E-state index in [9.17, 15) is 0 Å². The molecule has 2 aromatic carbocycles. The number of aryl methyl sites for hydroxylation is 1. The molecule has 0 aliphatic heterocycles. The maximum absolute atomic E-state index is 8.81. The summed E-state index contributed by atoms with van der Waals surface area (Å²) in [6, 6.07) is 17.6. The Morgan fingerprint density at radius 3 is 1.55 bits per heavy atom. The highest BCUT2D eigenvalue weighted by Gasteiger charge is 2.03. The minimum absolute atomic E-state index is 0.750. The van der Waals surface area contributed by atoms with Crippen molar-refractivity contribution in [3.8, 4) is 11.1 Å². The molecule has 0 N–H and O–H groups in total. The van der Waals surface area contributed by atoms with E-state index in [1.54, 1.807) is 12.2 Å². The van der Waals surface area contributed by atoms with Crippen LogP contribution in [0, 0.1) is 0 Å². The van der Waals surface area contributed by atoms with Gasteiger partial charge in [-0.05, 0) is 80.0 Å². The van der Waals surface area contributed by atoms with Gasteiger partial charge in [0.25, 0.3) is 0 Å². The maximum atomic E-state index is 8.81. The fraction of sp³-hybridized carbons (Fsp3) is 0.359. The lowest BCUT2D eigenvalue weighted by molar-refractivity contribution is -0.106. The Bertz CT molecular complexity index is 1010. The molecule has 0 heterocycles. The molecule has 0 aliphatic carbocycles. The van der Waals surface area contributed by atoms with E-state index in [-0.39, 0.29) is 0 Å². The van der Waals surface area contributed by atoms with Gasteiger partial charge in [-0.25, -0.2) is 0 Å². The van der Waals surface area contributed by atoms with E-state index in [1.165, 1.54) is 59.6 Å². The highest BCUT2D eigenvalue weighted by Crippen LogP contribution is 2.25. The van der Waals surface area contributed by atoms with Gasteiger partial charge >= 0.3 is 0 Å². The number of hydrogen-bond acceptors (Lipinski definition) is 1. The Morgan fingerprint density at radius 1 is 0.775 bits per heavy atom. The summed E-state index contributed by atoms with van der Waals surface area (Å²) in [5, 5.41) is 0. The second-order valence-corrected chi connectivity index (χ2v) is 9.03. The molecule has 0 spiro atoms. The van der Waals surface area contributed by atoms with Crippen LogP contribution in [0.25, 0.3) is 16.7 Å². The SMILES string of the molecule is C=C/C=C\C(=C(C)C)/C(C)=C\C(=C)c1ccc(-c2ccc(CCC)cc2)cc1.C=CC.CC.CC=O.CCCC. The number of hydrogen-bond donors (Lipinski definition) is 0. The van der Waals surface area contributed by atoms with Crippen molar-refractivity contribution in [1.82, 2.24) is 0 Å². The summed E-state index contributed by atoms with van der Waals surface area (Å²) in [7, 11) is 0. The van der Waals surface area contributed by atoms with Crippen LogP contribution in [0.3, 0.4) is 0 Å². The highest BCUT2D eigenvalue weighted by atomic mass is 16.1. The number of benzene rings is 2. The van der Waals surface area contributed by atoms with Crippen LogP contribution < -0.4 is 0 Å². The molecule has 1 nitrogen and oxygen atoms in total. The van der Waals surface area contributed by atoms with E-state index in [4.69, 9.17) is 4.79 Å². The summed E-state index contributed by atoms with van der Waals surface area (Å²) < 4.78 is 0. The van der Waals surface area contributed by atoms with Crippen molar-refractivity contribution >= 4 is 11.9 Å². The van der Waals surface area contributed by atoms with Gasteiger partial charge in [0.15, 0.2) is 0 Å². The minimum Gasteiger partial charge on any atom is -0.304 e. The van der Waals surface area contributed by atoms with Gasteiger partial charge in [-0.15, -0.1) is 6.58 Å². The highest BCUT2D eigenvalue weighted by molar-refractivity contribution is 5.76. The molecule has 40 heavy (non-hydrogen) atoms. The minimum atomic E-state index is 0.750. The first-order valence-corrected chi connectivity index (χ1v) is 14.7. The quantitative estimate of drug-likeness (QED) is 0.175. The smallest absolute Gasteiger partial charge is 0.116 e. The van der Waals surface area contributed by atoms with Gasteiger partial charge < -0.3 is 4.79 Å². The van der Waals surface area contributed by atoms with Crippen molar-refractivity contribution < 1.29 is 4.79 Å². The van der Waals surface area contributed by atoms with Gasteiger partial charge in [-0.1, -0.05) is 152 Å². The van der Waals surface area contributed by atoms with Crippen LogP contribution in [-0.2, 0) is 11.2 Å². The van der Waals surface area contributed by atoms with Crippen LogP contribution in [0.15, 0.2) is 115 Å². The third-order valence-corrected chi connectivity index (χ3v) is 5.33. The van der Waals surface area contributed by atoms with E-state index >= 15 is 0 Å².